The summed E-state index contributed by atoms with van der Waals surface area (Å²) in [5.74, 6) is 0.663. The zero-order valence-corrected chi connectivity index (χ0v) is 13.0. The molecule has 1 saturated carbocycles. The Bertz CT molecular complexity index is 550. The second-order valence-electron chi connectivity index (χ2n) is 6.95. The third-order valence-electron chi connectivity index (χ3n) is 4.00. The van der Waals surface area contributed by atoms with E-state index in [1.54, 1.807) is 0 Å². The number of hydrogen-bond acceptors (Lipinski definition) is 3. The molecule has 0 aromatic heterocycles. The molecule has 1 fully saturated rings. The van der Waals surface area contributed by atoms with Crippen LogP contribution in [0, 0.1) is 5.92 Å². The number of nitrogens with one attached hydrogen (secondary N) is 1. The Kier molecular flexibility index (Phi) is 4.35. The summed E-state index contributed by atoms with van der Waals surface area (Å²) < 4.78 is 0. The number of rotatable bonds is 4. The lowest BCUT2D eigenvalue weighted by Gasteiger charge is -2.23. The van der Waals surface area contributed by atoms with Gasteiger partial charge in [-0.1, -0.05) is 26.8 Å². The van der Waals surface area contributed by atoms with E-state index >= 15 is 0 Å². The van der Waals surface area contributed by atoms with Crippen LogP contribution in [-0.4, -0.2) is 11.7 Å². The summed E-state index contributed by atoms with van der Waals surface area (Å²) in [6.45, 7) is 6.37. The molecule has 0 radical (unpaired) electrons. The molecule has 114 valence electrons. The minimum Gasteiger partial charge on any atom is -0.397 e. The molecule has 4 heteroatoms. The van der Waals surface area contributed by atoms with E-state index in [4.69, 9.17) is 5.73 Å². The number of anilines is 2. The topological polar surface area (TPSA) is 72.2 Å². The Morgan fingerprint density at radius 2 is 2.00 bits per heavy atom. The molecule has 0 spiro atoms. The van der Waals surface area contributed by atoms with Gasteiger partial charge in [-0.05, 0) is 35.4 Å². The van der Waals surface area contributed by atoms with Gasteiger partial charge in [-0.15, -0.1) is 0 Å². The van der Waals surface area contributed by atoms with E-state index in [9.17, 15) is 9.59 Å². The second-order valence-corrected chi connectivity index (χ2v) is 6.95. The van der Waals surface area contributed by atoms with Crippen molar-refractivity contribution in [3.63, 3.8) is 0 Å². The van der Waals surface area contributed by atoms with Crippen LogP contribution in [0.4, 0.5) is 11.4 Å². The molecule has 1 aromatic rings. The lowest BCUT2D eigenvalue weighted by Crippen LogP contribution is -2.24. The zero-order valence-electron chi connectivity index (χ0n) is 13.0. The van der Waals surface area contributed by atoms with E-state index in [0.717, 1.165) is 12.0 Å². The summed E-state index contributed by atoms with van der Waals surface area (Å²) in [4.78, 5) is 22.8. The van der Waals surface area contributed by atoms with E-state index in [0.29, 0.717) is 42.3 Å². The van der Waals surface area contributed by atoms with Crippen LogP contribution in [-0.2, 0) is 15.0 Å². The highest BCUT2D eigenvalue weighted by Gasteiger charge is 2.26. The first-order valence-electron chi connectivity index (χ1n) is 7.47. The molecule has 4 nitrogen and oxygen atoms in total. The molecule has 1 aromatic carbocycles. The average Bonchev–Trinajstić information content (AvgIpc) is 2.34. The summed E-state index contributed by atoms with van der Waals surface area (Å²) in [5.41, 5.74) is 8.45. The first-order valence-corrected chi connectivity index (χ1v) is 7.47. The lowest BCUT2D eigenvalue weighted by atomic mass is 9.81. The number of amides is 1. The third kappa shape index (κ3) is 4.06. The Balaban J connectivity index is 1.90. The van der Waals surface area contributed by atoms with E-state index in [1.807, 2.05) is 18.2 Å². The normalized spacial score (nSPS) is 15.7. The number of hydrogen-bond donors (Lipinski definition) is 2. The van der Waals surface area contributed by atoms with Crippen molar-refractivity contribution in [1.29, 1.82) is 0 Å². The van der Waals surface area contributed by atoms with Gasteiger partial charge in [0.25, 0.3) is 0 Å². The van der Waals surface area contributed by atoms with Gasteiger partial charge in [0.05, 0.1) is 11.4 Å². The van der Waals surface area contributed by atoms with Crippen molar-refractivity contribution in [3.8, 4) is 0 Å². The van der Waals surface area contributed by atoms with Crippen LogP contribution in [0.25, 0.3) is 0 Å². The SMILES string of the molecule is CC(C)(C)c1ccc(NC(=O)CCC2CC(=O)C2)c(N)c1. The molecule has 3 N–H and O–H groups in total. The van der Waals surface area contributed by atoms with Gasteiger partial charge in [-0.25, -0.2) is 0 Å². The van der Waals surface area contributed by atoms with Crippen LogP contribution in [0.5, 0.6) is 0 Å². The van der Waals surface area contributed by atoms with Gasteiger partial charge in [-0.3, -0.25) is 9.59 Å². The van der Waals surface area contributed by atoms with Gasteiger partial charge >= 0.3 is 0 Å². The van der Waals surface area contributed by atoms with Crippen molar-refractivity contribution < 1.29 is 9.59 Å². The van der Waals surface area contributed by atoms with Gasteiger partial charge in [-0.2, -0.15) is 0 Å². The molecule has 2 rings (SSSR count). The zero-order chi connectivity index (χ0) is 15.6. The van der Waals surface area contributed by atoms with E-state index in [2.05, 4.69) is 26.1 Å². The van der Waals surface area contributed by atoms with Gasteiger partial charge in [0, 0.05) is 19.3 Å². The van der Waals surface area contributed by atoms with E-state index < -0.39 is 0 Å². The summed E-state index contributed by atoms with van der Waals surface area (Å²) in [6, 6.07) is 5.78. The smallest absolute Gasteiger partial charge is 0.224 e. The van der Waals surface area contributed by atoms with Crippen molar-refractivity contribution in [2.75, 3.05) is 11.1 Å². The standard InChI is InChI=1S/C17H24N2O2/c1-17(2,3)12-5-6-15(14(18)10-12)19-16(21)7-4-11-8-13(20)9-11/h5-6,10-11H,4,7-9,18H2,1-3H3,(H,19,21). The molecule has 0 saturated heterocycles. The van der Waals surface area contributed by atoms with Crippen molar-refractivity contribution in [1.82, 2.24) is 0 Å². The Hall–Kier alpha value is -1.84. The minimum absolute atomic E-state index is 0.0351. The molecule has 1 amide bonds. The van der Waals surface area contributed by atoms with Gasteiger partial charge < -0.3 is 11.1 Å². The first-order chi connectivity index (χ1) is 9.75. The molecular formula is C17H24N2O2. The second kappa shape index (κ2) is 5.88. The highest BCUT2D eigenvalue weighted by molar-refractivity contribution is 5.94. The number of nitrogen functional groups attached to an aromatic ring is 1. The van der Waals surface area contributed by atoms with Crippen molar-refractivity contribution in [3.05, 3.63) is 23.8 Å². The number of benzene rings is 1. The Morgan fingerprint density at radius 1 is 1.33 bits per heavy atom. The largest absolute Gasteiger partial charge is 0.397 e. The van der Waals surface area contributed by atoms with Crippen LogP contribution in [0.2, 0.25) is 0 Å². The monoisotopic (exact) mass is 288 g/mol. The van der Waals surface area contributed by atoms with Crippen molar-refractivity contribution in [2.24, 2.45) is 5.92 Å². The lowest BCUT2D eigenvalue weighted by molar-refractivity contribution is -0.127. The van der Waals surface area contributed by atoms with Gasteiger partial charge in [0.15, 0.2) is 0 Å². The van der Waals surface area contributed by atoms with Gasteiger partial charge in [0.2, 0.25) is 5.91 Å². The maximum Gasteiger partial charge on any atom is 0.224 e. The fourth-order valence-corrected chi connectivity index (χ4v) is 2.48. The third-order valence-corrected chi connectivity index (χ3v) is 4.00. The summed E-state index contributed by atoms with van der Waals surface area (Å²) in [5, 5.41) is 2.85. The maximum atomic E-state index is 11.9. The summed E-state index contributed by atoms with van der Waals surface area (Å²) in [7, 11) is 0. The fraction of sp³-hybridized carbons (Fsp3) is 0.529. The minimum atomic E-state index is -0.0374. The predicted molar refractivity (Wildman–Crippen MR) is 85.1 cm³/mol. The quantitative estimate of drug-likeness (QED) is 0.835. The molecule has 0 bridgehead atoms. The van der Waals surface area contributed by atoms with Crippen molar-refractivity contribution >= 4 is 23.1 Å². The molecule has 1 aliphatic carbocycles. The van der Waals surface area contributed by atoms with Crippen LogP contribution in [0.15, 0.2) is 18.2 Å². The maximum absolute atomic E-state index is 11.9. The number of Topliss-reactive ketones (excluding diaryl/α,β-unsaturated/α-hetero) is 1. The number of ketones is 1. The van der Waals surface area contributed by atoms with Crippen LogP contribution < -0.4 is 11.1 Å². The van der Waals surface area contributed by atoms with Crippen molar-refractivity contribution in [2.45, 2.75) is 51.9 Å². The predicted octanol–water partition coefficient (Wildman–Crippen LogP) is 3.26. The molecule has 21 heavy (non-hydrogen) atoms. The molecular weight excluding hydrogens is 264 g/mol. The summed E-state index contributed by atoms with van der Waals surface area (Å²) in [6.07, 6.45) is 2.49. The molecule has 0 aliphatic heterocycles. The number of carbonyl (C=O) groups is 2. The highest BCUT2D eigenvalue weighted by atomic mass is 16.1. The van der Waals surface area contributed by atoms with E-state index in [1.165, 1.54) is 0 Å². The summed E-state index contributed by atoms with van der Waals surface area (Å²) >= 11 is 0. The Morgan fingerprint density at radius 3 is 2.52 bits per heavy atom. The average molecular weight is 288 g/mol. The van der Waals surface area contributed by atoms with Crippen LogP contribution >= 0.6 is 0 Å². The van der Waals surface area contributed by atoms with Crippen LogP contribution in [0.3, 0.4) is 0 Å². The first kappa shape index (κ1) is 15.5. The molecule has 0 heterocycles. The molecule has 0 unspecified atom stereocenters. The molecule has 0 atom stereocenters. The van der Waals surface area contributed by atoms with Crippen LogP contribution in [0.1, 0.15) is 52.0 Å². The highest BCUT2D eigenvalue weighted by Crippen LogP contribution is 2.29. The fourth-order valence-electron chi connectivity index (χ4n) is 2.48. The Labute approximate surface area is 126 Å². The number of carbonyl (C=O) groups excluding carboxylic acids is 2. The number of nitrogens with two attached hydrogens (primary N) is 1. The molecule has 1 aliphatic rings. The van der Waals surface area contributed by atoms with E-state index in [-0.39, 0.29) is 11.3 Å². The van der Waals surface area contributed by atoms with Gasteiger partial charge in [0.1, 0.15) is 5.78 Å².